The monoisotopic (exact) mass is 280 g/mol. The molecule has 5 heteroatoms. The number of aliphatic hydroxyl groups excluding tert-OH is 1. The van der Waals surface area contributed by atoms with Gasteiger partial charge < -0.3 is 14.6 Å². The van der Waals surface area contributed by atoms with E-state index in [9.17, 15) is 13.9 Å². The number of rotatable bonds is 4. The molecule has 1 unspecified atom stereocenters. The third-order valence-corrected chi connectivity index (χ3v) is 3.00. The number of methoxy groups -OCH3 is 2. The molecule has 0 aliphatic rings. The molecular weight excluding hydrogens is 266 g/mol. The van der Waals surface area contributed by atoms with Crippen molar-refractivity contribution in [3.8, 4) is 11.5 Å². The number of hydrogen-bond donors (Lipinski definition) is 1. The smallest absolute Gasteiger partial charge is 0.161 e. The quantitative estimate of drug-likeness (QED) is 0.935. The minimum atomic E-state index is -1.42. The summed E-state index contributed by atoms with van der Waals surface area (Å²) in [7, 11) is 2.92. The molecule has 2 aromatic rings. The van der Waals surface area contributed by atoms with Gasteiger partial charge in [-0.05, 0) is 29.8 Å². The number of hydrogen-bond acceptors (Lipinski definition) is 3. The molecule has 0 amide bonds. The van der Waals surface area contributed by atoms with E-state index in [1.807, 2.05) is 0 Å². The average Bonchev–Trinajstić information content (AvgIpc) is 2.46. The summed E-state index contributed by atoms with van der Waals surface area (Å²) >= 11 is 0. The van der Waals surface area contributed by atoms with Crippen molar-refractivity contribution in [1.29, 1.82) is 0 Å². The van der Waals surface area contributed by atoms with Gasteiger partial charge >= 0.3 is 0 Å². The van der Waals surface area contributed by atoms with E-state index in [1.54, 1.807) is 6.07 Å². The van der Waals surface area contributed by atoms with Crippen LogP contribution in [-0.2, 0) is 0 Å². The van der Waals surface area contributed by atoms with Gasteiger partial charge in [-0.15, -0.1) is 0 Å². The minimum Gasteiger partial charge on any atom is -0.493 e. The van der Waals surface area contributed by atoms with Crippen LogP contribution in [0.1, 0.15) is 17.2 Å². The van der Waals surface area contributed by atoms with Crippen LogP contribution in [-0.4, -0.2) is 19.3 Å². The SMILES string of the molecule is COc1ccc(C(O)c2c(F)cccc2F)cc1OC. The average molecular weight is 280 g/mol. The van der Waals surface area contributed by atoms with Crippen molar-refractivity contribution in [2.24, 2.45) is 0 Å². The van der Waals surface area contributed by atoms with Gasteiger partial charge in [-0.1, -0.05) is 12.1 Å². The van der Waals surface area contributed by atoms with Crippen molar-refractivity contribution in [2.75, 3.05) is 14.2 Å². The minimum absolute atomic E-state index is 0.312. The van der Waals surface area contributed by atoms with Crippen LogP contribution in [0.3, 0.4) is 0 Å². The zero-order valence-electron chi connectivity index (χ0n) is 11.1. The molecular formula is C15H14F2O3. The molecule has 0 fully saturated rings. The summed E-state index contributed by atoms with van der Waals surface area (Å²) in [6, 6.07) is 8.02. The van der Waals surface area contributed by atoms with E-state index in [0.717, 1.165) is 12.1 Å². The van der Waals surface area contributed by atoms with Gasteiger partial charge in [0.2, 0.25) is 0 Å². The van der Waals surface area contributed by atoms with Crippen molar-refractivity contribution in [3.05, 3.63) is 59.2 Å². The third-order valence-electron chi connectivity index (χ3n) is 3.00. The van der Waals surface area contributed by atoms with E-state index in [2.05, 4.69) is 0 Å². The molecule has 20 heavy (non-hydrogen) atoms. The van der Waals surface area contributed by atoms with Crippen molar-refractivity contribution in [1.82, 2.24) is 0 Å². The first-order valence-electron chi connectivity index (χ1n) is 5.92. The highest BCUT2D eigenvalue weighted by molar-refractivity contribution is 5.45. The van der Waals surface area contributed by atoms with E-state index < -0.39 is 17.7 Å². The maximum absolute atomic E-state index is 13.7. The molecule has 106 valence electrons. The Kier molecular flexibility index (Phi) is 4.20. The lowest BCUT2D eigenvalue weighted by atomic mass is 10.00. The standard InChI is InChI=1S/C15H14F2O3/c1-19-12-7-6-9(8-13(12)20-2)15(18)14-10(16)4-3-5-11(14)17/h3-8,15,18H,1-2H3. The molecule has 3 nitrogen and oxygen atoms in total. The largest absolute Gasteiger partial charge is 0.493 e. The van der Waals surface area contributed by atoms with Crippen LogP contribution in [0.4, 0.5) is 8.78 Å². The summed E-state index contributed by atoms with van der Waals surface area (Å²) in [6.45, 7) is 0. The summed E-state index contributed by atoms with van der Waals surface area (Å²) in [5, 5.41) is 10.2. The maximum Gasteiger partial charge on any atom is 0.161 e. The van der Waals surface area contributed by atoms with Crippen molar-refractivity contribution >= 4 is 0 Å². The maximum atomic E-state index is 13.7. The molecule has 1 atom stereocenters. The van der Waals surface area contributed by atoms with Crippen LogP contribution in [0.2, 0.25) is 0 Å². The Labute approximate surface area is 115 Å². The topological polar surface area (TPSA) is 38.7 Å². The lowest BCUT2D eigenvalue weighted by Gasteiger charge is -2.15. The first-order valence-corrected chi connectivity index (χ1v) is 5.92. The highest BCUT2D eigenvalue weighted by Crippen LogP contribution is 2.33. The summed E-state index contributed by atoms with van der Waals surface area (Å²) < 4.78 is 37.5. The van der Waals surface area contributed by atoms with Gasteiger partial charge in [0.1, 0.15) is 17.7 Å². The number of aliphatic hydroxyl groups is 1. The van der Waals surface area contributed by atoms with Gasteiger partial charge in [-0.25, -0.2) is 8.78 Å². The molecule has 0 aliphatic heterocycles. The summed E-state index contributed by atoms with van der Waals surface area (Å²) in [5.41, 5.74) is -0.0774. The van der Waals surface area contributed by atoms with E-state index in [4.69, 9.17) is 9.47 Å². The zero-order chi connectivity index (χ0) is 14.7. The Morgan fingerprint density at radius 3 is 2.10 bits per heavy atom. The summed E-state index contributed by atoms with van der Waals surface area (Å²) in [6.07, 6.45) is -1.42. The summed E-state index contributed by atoms with van der Waals surface area (Å²) in [4.78, 5) is 0. The second kappa shape index (κ2) is 5.88. The van der Waals surface area contributed by atoms with Gasteiger partial charge in [-0.3, -0.25) is 0 Å². The molecule has 0 spiro atoms. The van der Waals surface area contributed by atoms with Crippen molar-refractivity contribution in [2.45, 2.75) is 6.10 Å². The van der Waals surface area contributed by atoms with Crippen LogP contribution >= 0.6 is 0 Å². The molecule has 0 saturated heterocycles. The Morgan fingerprint density at radius 2 is 1.55 bits per heavy atom. The van der Waals surface area contributed by atoms with Gasteiger partial charge in [-0.2, -0.15) is 0 Å². The van der Waals surface area contributed by atoms with Gasteiger partial charge in [0.05, 0.1) is 19.8 Å². The third kappa shape index (κ3) is 2.58. The van der Waals surface area contributed by atoms with Gasteiger partial charge in [0, 0.05) is 0 Å². The number of halogens is 2. The van der Waals surface area contributed by atoms with Crippen LogP contribution in [0, 0.1) is 11.6 Å². The first-order chi connectivity index (χ1) is 9.58. The number of benzene rings is 2. The summed E-state index contributed by atoms with van der Waals surface area (Å²) in [5.74, 6) is -0.752. The Balaban J connectivity index is 2.46. The fourth-order valence-corrected chi connectivity index (χ4v) is 1.96. The van der Waals surface area contributed by atoms with Crippen LogP contribution in [0.25, 0.3) is 0 Å². The fraction of sp³-hybridized carbons (Fsp3) is 0.200. The van der Waals surface area contributed by atoms with E-state index in [-0.39, 0.29) is 5.56 Å². The van der Waals surface area contributed by atoms with Crippen molar-refractivity contribution < 1.29 is 23.4 Å². The Hall–Kier alpha value is -2.14. The predicted molar refractivity (Wildman–Crippen MR) is 70.0 cm³/mol. The zero-order valence-corrected chi connectivity index (χ0v) is 11.1. The molecule has 0 aromatic heterocycles. The molecule has 0 heterocycles. The van der Waals surface area contributed by atoms with E-state index >= 15 is 0 Å². The fourth-order valence-electron chi connectivity index (χ4n) is 1.96. The Morgan fingerprint density at radius 1 is 0.950 bits per heavy atom. The molecule has 2 aromatic carbocycles. The lowest BCUT2D eigenvalue weighted by Crippen LogP contribution is -2.06. The molecule has 0 saturated carbocycles. The molecule has 2 rings (SSSR count). The van der Waals surface area contributed by atoms with Gasteiger partial charge in [0.25, 0.3) is 0 Å². The molecule has 0 aliphatic carbocycles. The second-order valence-electron chi connectivity index (χ2n) is 4.15. The normalized spacial score (nSPS) is 12.1. The van der Waals surface area contributed by atoms with Crippen molar-refractivity contribution in [3.63, 3.8) is 0 Å². The highest BCUT2D eigenvalue weighted by atomic mass is 19.1. The number of ether oxygens (including phenoxy) is 2. The Bertz CT molecular complexity index is 594. The van der Waals surface area contributed by atoms with Crippen LogP contribution in [0.15, 0.2) is 36.4 Å². The van der Waals surface area contributed by atoms with Crippen LogP contribution < -0.4 is 9.47 Å². The van der Waals surface area contributed by atoms with E-state index in [1.165, 1.54) is 32.4 Å². The van der Waals surface area contributed by atoms with E-state index in [0.29, 0.717) is 17.1 Å². The predicted octanol–water partition coefficient (Wildman–Crippen LogP) is 3.06. The molecule has 1 N–H and O–H groups in total. The van der Waals surface area contributed by atoms with Crippen LogP contribution in [0.5, 0.6) is 11.5 Å². The molecule has 0 radical (unpaired) electrons. The second-order valence-corrected chi connectivity index (χ2v) is 4.15. The van der Waals surface area contributed by atoms with Gasteiger partial charge in [0.15, 0.2) is 11.5 Å². The lowest BCUT2D eigenvalue weighted by molar-refractivity contribution is 0.208. The molecule has 0 bridgehead atoms. The first kappa shape index (κ1) is 14.3. The highest BCUT2D eigenvalue weighted by Gasteiger charge is 2.20.